The first-order valence-electron chi connectivity index (χ1n) is 8.17. The first-order chi connectivity index (χ1) is 12.1. The topological polar surface area (TPSA) is 70.1 Å². The number of carbonyl (C=O) groups excluding carboxylic acids is 1. The van der Waals surface area contributed by atoms with Gasteiger partial charge in [-0.1, -0.05) is 60.7 Å². The molecule has 25 heavy (non-hydrogen) atoms. The summed E-state index contributed by atoms with van der Waals surface area (Å²) < 4.78 is 8.14. The number of amides is 1. The molecular formula is C20H21N3O2. The zero-order valence-electron chi connectivity index (χ0n) is 14.1. The molecule has 5 nitrogen and oxygen atoms in total. The van der Waals surface area contributed by atoms with Crippen molar-refractivity contribution in [2.75, 3.05) is 6.61 Å². The molecule has 0 saturated carbocycles. The van der Waals surface area contributed by atoms with Gasteiger partial charge in [0.15, 0.2) is 5.60 Å². The molecule has 0 aliphatic carbocycles. The van der Waals surface area contributed by atoms with Crippen molar-refractivity contribution in [3.63, 3.8) is 0 Å². The highest BCUT2D eigenvalue weighted by Gasteiger charge is 2.41. The number of hydrogen-bond acceptors (Lipinski definition) is 3. The van der Waals surface area contributed by atoms with E-state index >= 15 is 0 Å². The Morgan fingerprint density at radius 3 is 2.08 bits per heavy atom. The fraction of sp³-hybridized carbons (Fsp3) is 0.200. The Morgan fingerprint density at radius 1 is 1.08 bits per heavy atom. The largest absolute Gasteiger partial charge is 0.367 e. The molecule has 3 aromatic rings. The molecular weight excluding hydrogens is 314 g/mol. The molecule has 0 atom stereocenters. The normalized spacial score (nSPS) is 11.4. The predicted molar refractivity (Wildman–Crippen MR) is 95.8 cm³/mol. The molecule has 2 N–H and O–H groups in total. The van der Waals surface area contributed by atoms with Crippen molar-refractivity contribution in [1.82, 2.24) is 9.55 Å². The van der Waals surface area contributed by atoms with Crippen molar-refractivity contribution >= 4 is 5.91 Å². The van der Waals surface area contributed by atoms with E-state index < -0.39 is 11.5 Å². The van der Waals surface area contributed by atoms with Gasteiger partial charge in [0.2, 0.25) is 0 Å². The van der Waals surface area contributed by atoms with Gasteiger partial charge >= 0.3 is 0 Å². The molecule has 0 spiro atoms. The summed E-state index contributed by atoms with van der Waals surface area (Å²) in [4.78, 5) is 16.8. The van der Waals surface area contributed by atoms with E-state index in [4.69, 9.17) is 10.5 Å². The van der Waals surface area contributed by atoms with Gasteiger partial charge in [0, 0.05) is 18.9 Å². The average molecular weight is 335 g/mol. The average Bonchev–Trinajstić information content (AvgIpc) is 3.05. The lowest BCUT2D eigenvalue weighted by Crippen LogP contribution is -2.45. The molecule has 0 aliphatic heterocycles. The Bertz CT molecular complexity index is 789. The van der Waals surface area contributed by atoms with Crippen LogP contribution in [-0.4, -0.2) is 22.1 Å². The van der Waals surface area contributed by atoms with Crippen LogP contribution in [0.2, 0.25) is 0 Å². The summed E-state index contributed by atoms with van der Waals surface area (Å²) in [5.41, 5.74) is 5.96. The highest BCUT2D eigenvalue weighted by atomic mass is 16.5. The van der Waals surface area contributed by atoms with Crippen LogP contribution in [-0.2, 0) is 21.7 Å². The van der Waals surface area contributed by atoms with Crippen molar-refractivity contribution < 1.29 is 9.53 Å². The van der Waals surface area contributed by atoms with Crippen LogP contribution < -0.4 is 5.73 Å². The standard InChI is InChI=1S/C20H21N3O2/c1-16-22-12-13-23(16)14-15-25-20(19(21)24,17-8-4-2-5-9-17)18-10-6-3-7-11-18/h2-13H,14-15H2,1H3,(H2,21,24). The summed E-state index contributed by atoms with van der Waals surface area (Å²) in [6, 6.07) is 18.7. The Balaban J connectivity index is 1.96. The number of primary amides is 1. The molecule has 2 aromatic carbocycles. The minimum Gasteiger partial charge on any atom is -0.367 e. The van der Waals surface area contributed by atoms with Gasteiger partial charge in [0.25, 0.3) is 5.91 Å². The summed E-state index contributed by atoms with van der Waals surface area (Å²) in [6.07, 6.45) is 3.63. The van der Waals surface area contributed by atoms with Gasteiger partial charge < -0.3 is 15.0 Å². The van der Waals surface area contributed by atoms with Crippen LogP contribution in [0, 0.1) is 6.92 Å². The fourth-order valence-electron chi connectivity index (χ4n) is 2.97. The Labute approximate surface area is 147 Å². The number of nitrogens with zero attached hydrogens (tertiary/aromatic N) is 2. The van der Waals surface area contributed by atoms with Crippen molar-refractivity contribution in [2.45, 2.75) is 19.1 Å². The number of aryl methyl sites for hydroxylation is 1. The number of imidazole rings is 1. The first kappa shape index (κ1) is 16.9. The third kappa shape index (κ3) is 3.32. The smallest absolute Gasteiger partial charge is 0.259 e. The van der Waals surface area contributed by atoms with Gasteiger partial charge in [-0.2, -0.15) is 0 Å². The minimum absolute atomic E-state index is 0.323. The second-order valence-corrected chi connectivity index (χ2v) is 5.79. The van der Waals surface area contributed by atoms with E-state index in [1.165, 1.54) is 0 Å². The van der Waals surface area contributed by atoms with E-state index in [-0.39, 0.29) is 0 Å². The van der Waals surface area contributed by atoms with Gasteiger partial charge in [-0.05, 0) is 18.1 Å². The SMILES string of the molecule is Cc1nccn1CCOC(C(N)=O)(c1ccccc1)c1ccccc1. The fourth-order valence-corrected chi connectivity index (χ4v) is 2.97. The van der Waals surface area contributed by atoms with Crippen molar-refractivity contribution in [3.05, 3.63) is 90.0 Å². The highest BCUT2D eigenvalue weighted by molar-refractivity contribution is 5.89. The van der Waals surface area contributed by atoms with Crippen LogP contribution >= 0.6 is 0 Å². The molecule has 0 radical (unpaired) electrons. The van der Waals surface area contributed by atoms with E-state index in [0.29, 0.717) is 13.2 Å². The van der Waals surface area contributed by atoms with Crippen LogP contribution in [0.3, 0.4) is 0 Å². The second-order valence-electron chi connectivity index (χ2n) is 5.79. The minimum atomic E-state index is -1.32. The number of hydrogen-bond donors (Lipinski definition) is 1. The monoisotopic (exact) mass is 335 g/mol. The number of rotatable bonds is 7. The maximum atomic E-state index is 12.6. The van der Waals surface area contributed by atoms with E-state index in [1.54, 1.807) is 6.20 Å². The molecule has 0 aliphatic rings. The van der Waals surface area contributed by atoms with E-state index in [0.717, 1.165) is 17.0 Å². The number of ether oxygens (including phenoxy) is 1. The first-order valence-corrected chi connectivity index (χ1v) is 8.17. The molecule has 5 heteroatoms. The van der Waals surface area contributed by atoms with Gasteiger partial charge in [-0.25, -0.2) is 4.98 Å². The molecule has 0 unspecified atom stereocenters. The summed E-state index contributed by atoms with van der Waals surface area (Å²) in [6.45, 7) is 2.83. The molecule has 1 heterocycles. The third-order valence-electron chi connectivity index (χ3n) is 4.28. The van der Waals surface area contributed by atoms with Crippen molar-refractivity contribution in [2.24, 2.45) is 5.73 Å². The molecule has 3 rings (SSSR count). The highest BCUT2D eigenvalue weighted by Crippen LogP contribution is 2.33. The predicted octanol–water partition coefficient (Wildman–Crippen LogP) is 2.64. The summed E-state index contributed by atoms with van der Waals surface area (Å²) in [5.74, 6) is 0.361. The summed E-state index contributed by atoms with van der Waals surface area (Å²) in [7, 11) is 0. The maximum absolute atomic E-state index is 12.6. The van der Waals surface area contributed by atoms with Crippen LogP contribution in [0.5, 0.6) is 0 Å². The lowest BCUT2D eigenvalue weighted by atomic mass is 9.85. The van der Waals surface area contributed by atoms with Gasteiger partial charge in [0.1, 0.15) is 5.82 Å². The second kappa shape index (κ2) is 7.32. The number of carbonyl (C=O) groups is 1. The maximum Gasteiger partial charge on any atom is 0.259 e. The van der Waals surface area contributed by atoms with Gasteiger partial charge in [0.05, 0.1) is 6.61 Å². The molecule has 128 valence electrons. The van der Waals surface area contributed by atoms with E-state index in [9.17, 15) is 4.79 Å². The third-order valence-corrected chi connectivity index (χ3v) is 4.28. The zero-order chi connectivity index (χ0) is 17.7. The number of benzene rings is 2. The van der Waals surface area contributed by atoms with Crippen LogP contribution in [0.25, 0.3) is 0 Å². The summed E-state index contributed by atoms with van der Waals surface area (Å²) >= 11 is 0. The molecule has 0 saturated heterocycles. The number of nitrogens with two attached hydrogens (primary N) is 1. The van der Waals surface area contributed by atoms with Crippen LogP contribution in [0.15, 0.2) is 73.1 Å². The summed E-state index contributed by atoms with van der Waals surface area (Å²) in [5, 5.41) is 0. The number of aromatic nitrogens is 2. The van der Waals surface area contributed by atoms with Gasteiger partial charge in [-0.15, -0.1) is 0 Å². The van der Waals surface area contributed by atoms with Gasteiger partial charge in [-0.3, -0.25) is 4.79 Å². The van der Waals surface area contributed by atoms with Crippen LogP contribution in [0.4, 0.5) is 0 Å². The van der Waals surface area contributed by atoms with E-state index in [1.807, 2.05) is 78.4 Å². The molecule has 0 bridgehead atoms. The zero-order valence-corrected chi connectivity index (χ0v) is 14.1. The Kier molecular flexibility index (Phi) is 4.95. The Hall–Kier alpha value is -2.92. The van der Waals surface area contributed by atoms with E-state index in [2.05, 4.69) is 4.98 Å². The van der Waals surface area contributed by atoms with Crippen molar-refractivity contribution in [1.29, 1.82) is 0 Å². The molecule has 1 amide bonds. The quantitative estimate of drug-likeness (QED) is 0.721. The van der Waals surface area contributed by atoms with Crippen LogP contribution in [0.1, 0.15) is 17.0 Å². The molecule has 1 aromatic heterocycles. The lowest BCUT2D eigenvalue weighted by Gasteiger charge is -2.32. The Morgan fingerprint density at radius 2 is 1.64 bits per heavy atom. The molecule has 0 fully saturated rings. The van der Waals surface area contributed by atoms with Crippen molar-refractivity contribution in [3.8, 4) is 0 Å². The lowest BCUT2D eigenvalue weighted by molar-refractivity contribution is -0.140.